The van der Waals surface area contributed by atoms with Crippen molar-refractivity contribution in [3.8, 4) is 5.75 Å². The van der Waals surface area contributed by atoms with E-state index in [2.05, 4.69) is 15.8 Å². The van der Waals surface area contributed by atoms with Crippen LogP contribution in [-0.2, 0) is 4.79 Å². The number of benzene rings is 2. The Balaban J connectivity index is 1.65. The summed E-state index contributed by atoms with van der Waals surface area (Å²) in [6, 6.07) is 13.4. The SMILES string of the molecule is COc1ccc(NCCCC(=O)N/N=C\c2ccc([N+](=O)[O-])cc2)cc1. The molecule has 2 N–H and O–H groups in total. The molecular weight excluding hydrogens is 336 g/mol. The summed E-state index contributed by atoms with van der Waals surface area (Å²) >= 11 is 0. The van der Waals surface area contributed by atoms with E-state index in [1.165, 1.54) is 18.3 Å². The number of nitro groups is 1. The van der Waals surface area contributed by atoms with Crippen molar-refractivity contribution in [1.29, 1.82) is 0 Å². The van der Waals surface area contributed by atoms with Gasteiger partial charge >= 0.3 is 0 Å². The maximum Gasteiger partial charge on any atom is 0.269 e. The quantitative estimate of drug-likeness (QED) is 0.311. The molecule has 0 aliphatic carbocycles. The lowest BCUT2D eigenvalue weighted by molar-refractivity contribution is -0.384. The van der Waals surface area contributed by atoms with Gasteiger partial charge in [-0.2, -0.15) is 5.10 Å². The fraction of sp³-hybridized carbons (Fsp3) is 0.222. The molecule has 136 valence electrons. The molecule has 2 rings (SSSR count). The first-order chi connectivity index (χ1) is 12.6. The number of carbonyl (C=O) groups is 1. The molecule has 1 amide bonds. The van der Waals surface area contributed by atoms with Gasteiger partial charge in [-0.05, 0) is 48.4 Å². The Bertz CT molecular complexity index is 758. The Hall–Kier alpha value is -3.42. The summed E-state index contributed by atoms with van der Waals surface area (Å²) in [6.07, 6.45) is 2.43. The Labute approximate surface area is 151 Å². The van der Waals surface area contributed by atoms with E-state index < -0.39 is 4.92 Å². The molecule has 0 saturated carbocycles. The minimum Gasteiger partial charge on any atom is -0.497 e. The molecule has 0 aliphatic rings. The third-order valence-electron chi connectivity index (χ3n) is 3.51. The molecule has 0 fully saturated rings. The monoisotopic (exact) mass is 356 g/mol. The number of amides is 1. The molecule has 0 bridgehead atoms. The number of hydrazone groups is 1. The highest BCUT2D eigenvalue weighted by Crippen LogP contribution is 2.15. The van der Waals surface area contributed by atoms with Gasteiger partial charge in [-0.3, -0.25) is 14.9 Å². The molecule has 0 aliphatic heterocycles. The highest BCUT2D eigenvalue weighted by molar-refractivity contribution is 5.82. The first kappa shape index (κ1) is 18.9. The van der Waals surface area contributed by atoms with E-state index in [9.17, 15) is 14.9 Å². The molecule has 8 nitrogen and oxygen atoms in total. The fourth-order valence-corrected chi connectivity index (χ4v) is 2.11. The third kappa shape index (κ3) is 6.23. The van der Waals surface area contributed by atoms with Gasteiger partial charge in [0.05, 0.1) is 18.2 Å². The minimum absolute atomic E-state index is 0.00976. The molecule has 0 radical (unpaired) electrons. The van der Waals surface area contributed by atoms with Crippen LogP contribution < -0.4 is 15.5 Å². The van der Waals surface area contributed by atoms with Gasteiger partial charge in [0.1, 0.15) is 5.75 Å². The maximum absolute atomic E-state index is 11.7. The molecule has 8 heteroatoms. The number of nitrogens with zero attached hydrogens (tertiary/aromatic N) is 2. The lowest BCUT2D eigenvalue weighted by Gasteiger charge is -2.06. The predicted molar refractivity (Wildman–Crippen MR) is 99.6 cm³/mol. The van der Waals surface area contributed by atoms with Gasteiger partial charge in [0.25, 0.3) is 5.69 Å². The molecule has 26 heavy (non-hydrogen) atoms. The molecule has 0 spiro atoms. The summed E-state index contributed by atoms with van der Waals surface area (Å²) in [5.74, 6) is 0.598. The Kier molecular flexibility index (Phi) is 7.11. The number of nitro benzene ring substituents is 1. The van der Waals surface area contributed by atoms with Gasteiger partial charge < -0.3 is 10.1 Å². The zero-order valence-corrected chi connectivity index (χ0v) is 14.3. The second-order valence-electron chi connectivity index (χ2n) is 5.40. The number of nitrogens with one attached hydrogen (secondary N) is 2. The first-order valence-corrected chi connectivity index (χ1v) is 8.03. The van der Waals surface area contributed by atoms with Crippen LogP contribution in [0.5, 0.6) is 5.75 Å². The van der Waals surface area contributed by atoms with Crippen molar-refractivity contribution in [2.24, 2.45) is 5.10 Å². The lowest BCUT2D eigenvalue weighted by Crippen LogP contribution is -2.18. The molecule has 0 aromatic heterocycles. The summed E-state index contributed by atoms with van der Waals surface area (Å²) in [6.45, 7) is 0.659. The lowest BCUT2D eigenvalue weighted by atomic mass is 10.2. The van der Waals surface area contributed by atoms with Crippen LogP contribution in [0.4, 0.5) is 11.4 Å². The zero-order chi connectivity index (χ0) is 18.8. The van der Waals surface area contributed by atoms with Crippen LogP contribution in [0.25, 0.3) is 0 Å². The number of methoxy groups -OCH3 is 1. The summed E-state index contributed by atoms with van der Waals surface area (Å²) in [5, 5.41) is 17.6. The van der Waals surface area contributed by atoms with Crippen molar-refractivity contribution in [3.63, 3.8) is 0 Å². The van der Waals surface area contributed by atoms with Crippen LogP contribution >= 0.6 is 0 Å². The van der Waals surface area contributed by atoms with Gasteiger partial charge in [0.2, 0.25) is 5.91 Å². The molecule has 2 aromatic rings. The number of carbonyl (C=O) groups excluding carboxylic acids is 1. The number of hydrogen-bond acceptors (Lipinski definition) is 6. The standard InChI is InChI=1S/C18H20N4O4/c1-26-17-10-6-15(7-11-17)19-12-2-3-18(23)21-20-13-14-4-8-16(9-5-14)22(24)25/h4-11,13,19H,2-3,12H2,1H3,(H,21,23)/b20-13-. The first-order valence-electron chi connectivity index (χ1n) is 8.03. The van der Waals surface area contributed by atoms with Crippen LogP contribution in [0.15, 0.2) is 53.6 Å². The second kappa shape index (κ2) is 9.77. The van der Waals surface area contributed by atoms with E-state index in [4.69, 9.17) is 4.74 Å². The van der Waals surface area contributed by atoms with Crippen molar-refractivity contribution < 1.29 is 14.5 Å². The third-order valence-corrected chi connectivity index (χ3v) is 3.51. The average molecular weight is 356 g/mol. The molecule has 2 aromatic carbocycles. The van der Waals surface area contributed by atoms with Gasteiger partial charge in [-0.1, -0.05) is 0 Å². The predicted octanol–water partition coefficient (Wildman–Crippen LogP) is 2.95. The van der Waals surface area contributed by atoms with E-state index >= 15 is 0 Å². The molecule has 0 unspecified atom stereocenters. The van der Waals surface area contributed by atoms with Crippen molar-refractivity contribution in [3.05, 3.63) is 64.2 Å². The van der Waals surface area contributed by atoms with Crippen molar-refractivity contribution >= 4 is 23.5 Å². The molecule has 0 atom stereocenters. The van der Waals surface area contributed by atoms with E-state index in [0.29, 0.717) is 24.9 Å². The Morgan fingerprint density at radius 3 is 2.50 bits per heavy atom. The van der Waals surface area contributed by atoms with E-state index in [-0.39, 0.29) is 11.6 Å². The van der Waals surface area contributed by atoms with Crippen LogP contribution in [-0.4, -0.2) is 30.7 Å². The average Bonchev–Trinajstić information content (AvgIpc) is 2.66. The second-order valence-corrected chi connectivity index (χ2v) is 5.40. The highest BCUT2D eigenvalue weighted by Gasteiger charge is 2.03. The van der Waals surface area contributed by atoms with Gasteiger partial charge in [-0.25, -0.2) is 5.43 Å². The van der Waals surface area contributed by atoms with Crippen LogP contribution in [0.3, 0.4) is 0 Å². The van der Waals surface area contributed by atoms with Gasteiger partial charge in [-0.15, -0.1) is 0 Å². The van der Waals surface area contributed by atoms with Crippen molar-refractivity contribution in [2.45, 2.75) is 12.8 Å². The van der Waals surface area contributed by atoms with Crippen LogP contribution in [0.2, 0.25) is 0 Å². The fourth-order valence-electron chi connectivity index (χ4n) is 2.11. The largest absolute Gasteiger partial charge is 0.497 e. The van der Waals surface area contributed by atoms with Gasteiger partial charge in [0.15, 0.2) is 0 Å². The smallest absolute Gasteiger partial charge is 0.269 e. The van der Waals surface area contributed by atoms with Gasteiger partial charge in [0, 0.05) is 30.8 Å². The summed E-state index contributed by atoms with van der Waals surface area (Å²) in [4.78, 5) is 21.8. The maximum atomic E-state index is 11.7. The van der Waals surface area contributed by atoms with Crippen LogP contribution in [0, 0.1) is 10.1 Å². The minimum atomic E-state index is -0.470. The van der Waals surface area contributed by atoms with E-state index in [1.54, 1.807) is 19.2 Å². The number of non-ortho nitro benzene ring substituents is 1. The summed E-state index contributed by atoms with van der Waals surface area (Å²) < 4.78 is 5.09. The molecule has 0 saturated heterocycles. The number of ether oxygens (including phenoxy) is 1. The van der Waals surface area contributed by atoms with E-state index in [1.807, 2.05) is 24.3 Å². The molecule has 0 heterocycles. The number of anilines is 1. The summed E-state index contributed by atoms with van der Waals surface area (Å²) in [7, 11) is 1.62. The topological polar surface area (TPSA) is 106 Å². The number of hydrogen-bond donors (Lipinski definition) is 2. The summed E-state index contributed by atoms with van der Waals surface area (Å²) in [5.41, 5.74) is 4.07. The normalized spacial score (nSPS) is 10.5. The van der Waals surface area contributed by atoms with Crippen LogP contribution in [0.1, 0.15) is 18.4 Å². The Morgan fingerprint density at radius 2 is 1.88 bits per heavy atom. The van der Waals surface area contributed by atoms with E-state index in [0.717, 1.165) is 11.4 Å². The molecular formula is C18H20N4O4. The number of rotatable bonds is 9. The Morgan fingerprint density at radius 1 is 1.19 bits per heavy atom. The van der Waals surface area contributed by atoms with Crippen molar-refractivity contribution in [2.75, 3.05) is 19.0 Å². The van der Waals surface area contributed by atoms with Crippen molar-refractivity contribution in [1.82, 2.24) is 5.43 Å². The highest BCUT2D eigenvalue weighted by atomic mass is 16.6. The zero-order valence-electron chi connectivity index (χ0n) is 14.3.